The molecule has 0 amide bonds. The minimum absolute atomic E-state index is 0. The number of aromatic nitrogens is 1. The molecule has 0 bridgehead atoms. The van der Waals surface area contributed by atoms with Crippen LogP contribution in [0.3, 0.4) is 0 Å². The van der Waals surface area contributed by atoms with E-state index in [1.54, 1.807) is 0 Å². The smallest absolute Gasteiger partial charge is 0.100 e. The topological polar surface area (TPSA) is 63.6 Å². The van der Waals surface area contributed by atoms with Gasteiger partial charge in [-0.2, -0.15) is 29.0 Å². The second-order valence-electron chi connectivity index (χ2n) is 10.6. The van der Waals surface area contributed by atoms with Crippen molar-refractivity contribution in [1.29, 1.82) is 5.26 Å². The van der Waals surface area contributed by atoms with Crippen LogP contribution in [0.2, 0.25) is 0 Å². The average molecular weight is 716 g/mol. The van der Waals surface area contributed by atoms with Crippen molar-refractivity contribution in [2.24, 2.45) is 0 Å². The number of thiophene rings is 1. The summed E-state index contributed by atoms with van der Waals surface area (Å²) in [6.45, 7) is 21.1. The van der Waals surface area contributed by atoms with Crippen LogP contribution >= 0.6 is 11.3 Å². The summed E-state index contributed by atoms with van der Waals surface area (Å²) in [4.78, 5) is 6.65. The minimum atomic E-state index is -0.0649. The molecule has 3 N–H and O–H groups in total. The minimum Gasteiger partial charge on any atom is -0.357 e. The number of rotatable bonds is 6. The molecular formula is C33H47N4SW-. The van der Waals surface area contributed by atoms with Gasteiger partial charge in [-0.05, 0) is 48.4 Å². The van der Waals surface area contributed by atoms with Crippen LogP contribution in [0.5, 0.6) is 0 Å². The fraction of sp³-hybridized carbons (Fsp3) is 0.545. The number of nitriles is 1. The molecule has 5 rings (SSSR count). The summed E-state index contributed by atoms with van der Waals surface area (Å²) in [5.41, 5.74) is 7.96. The summed E-state index contributed by atoms with van der Waals surface area (Å²) in [7, 11) is 0. The molecule has 2 aliphatic rings. The number of hydrogen-bond donors (Lipinski definition) is 3. The summed E-state index contributed by atoms with van der Waals surface area (Å²) >= 11 is 1.95. The molecular weight excluding hydrogens is 668 g/mol. The van der Waals surface area contributed by atoms with Crippen LogP contribution in [0, 0.1) is 38.2 Å². The fourth-order valence-electron chi connectivity index (χ4n) is 5.83. The van der Waals surface area contributed by atoms with Crippen molar-refractivity contribution in [3.05, 3.63) is 57.5 Å². The normalized spacial score (nSPS) is 19.2. The van der Waals surface area contributed by atoms with Gasteiger partial charge in [-0.1, -0.05) is 67.5 Å². The maximum absolute atomic E-state index is 9.29. The molecule has 1 saturated heterocycles. The molecule has 2 atom stereocenters. The molecule has 1 aliphatic carbocycles. The monoisotopic (exact) mass is 715 g/mol. The summed E-state index contributed by atoms with van der Waals surface area (Å²) in [6.07, 6.45) is 7.39. The molecule has 2 unspecified atom stereocenters. The molecule has 1 aromatic carbocycles. The summed E-state index contributed by atoms with van der Waals surface area (Å²) < 4.78 is 0. The van der Waals surface area contributed by atoms with Crippen LogP contribution in [-0.4, -0.2) is 29.7 Å². The molecule has 6 heteroatoms. The molecule has 4 nitrogen and oxygen atoms in total. The van der Waals surface area contributed by atoms with Crippen molar-refractivity contribution in [3.8, 4) is 17.3 Å². The number of fused-ring (bicyclic) bond motifs is 1. The van der Waals surface area contributed by atoms with E-state index in [-0.39, 0.29) is 26.6 Å². The molecule has 1 fully saturated rings. The van der Waals surface area contributed by atoms with Crippen molar-refractivity contribution in [1.82, 2.24) is 15.6 Å². The Hall–Kier alpha value is -1.70. The van der Waals surface area contributed by atoms with Crippen LogP contribution in [0.15, 0.2) is 24.3 Å². The molecule has 3 aromatic rings. The second-order valence-corrected chi connectivity index (χ2v) is 11.7. The second kappa shape index (κ2) is 14.8. The van der Waals surface area contributed by atoms with Crippen molar-refractivity contribution in [3.63, 3.8) is 0 Å². The van der Waals surface area contributed by atoms with E-state index in [0.29, 0.717) is 24.3 Å². The maximum atomic E-state index is 9.29. The Labute approximate surface area is 255 Å². The van der Waals surface area contributed by atoms with Gasteiger partial charge in [0.15, 0.2) is 0 Å². The average Bonchev–Trinajstić information content (AvgIpc) is 3.43. The van der Waals surface area contributed by atoms with Gasteiger partial charge in [0.05, 0.1) is 18.0 Å². The van der Waals surface area contributed by atoms with Gasteiger partial charge >= 0.3 is 0 Å². The first kappa shape index (κ1) is 33.5. The Bertz CT molecular complexity index is 1290. The van der Waals surface area contributed by atoms with Crippen LogP contribution in [0.4, 0.5) is 0 Å². The van der Waals surface area contributed by atoms with Crippen molar-refractivity contribution < 1.29 is 21.1 Å². The third-order valence-corrected chi connectivity index (χ3v) is 9.23. The number of nitrogens with zero attached hydrogens (tertiary/aromatic N) is 1. The van der Waals surface area contributed by atoms with Gasteiger partial charge in [-0.15, -0.1) is 22.5 Å². The third-order valence-electron chi connectivity index (χ3n) is 7.86. The predicted molar refractivity (Wildman–Crippen MR) is 165 cm³/mol. The number of aryl methyl sites for hydroxylation is 2. The van der Waals surface area contributed by atoms with E-state index >= 15 is 0 Å². The first-order valence-electron chi connectivity index (χ1n) is 14.5. The molecule has 39 heavy (non-hydrogen) atoms. The van der Waals surface area contributed by atoms with Gasteiger partial charge in [0.25, 0.3) is 0 Å². The van der Waals surface area contributed by atoms with Crippen LogP contribution < -0.4 is 10.6 Å². The number of H-pyrrole nitrogens is 1. The van der Waals surface area contributed by atoms with E-state index in [4.69, 9.17) is 0 Å². The molecule has 3 heterocycles. The SMILES string of the molecule is CC.CC.Cc1c[c-]cc(-c2[nH]c3sc(C4CC=CC(NC5(CC#N)CNC5)C4)c(C)c3c2C(C)C)c1C.[W]. The Morgan fingerprint density at radius 3 is 2.41 bits per heavy atom. The van der Waals surface area contributed by atoms with Crippen LogP contribution in [0.1, 0.15) is 99.8 Å². The Morgan fingerprint density at radius 1 is 1.13 bits per heavy atom. The van der Waals surface area contributed by atoms with Gasteiger partial charge in [-0.3, -0.25) is 0 Å². The first-order valence-corrected chi connectivity index (χ1v) is 15.3. The largest absolute Gasteiger partial charge is 0.357 e. The number of nitrogens with one attached hydrogen (secondary N) is 3. The first-order chi connectivity index (χ1) is 18.3. The Balaban J connectivity index is 0.00000102. The van der Waals surface area contributed by atoms with Crippen molar-refractivity contribution in [2.45, 2.75) is 105 Å². The van der Waals surface area contributed by atoms with E-state index in [1.165, 1.54) is 48.6 Å². The molecule has 0 spiro atoms. The summed E-state index contributed by atoms with van der Waals surface area (Å²) in [5, 5.41) is 17.9. The molecule has 2 aromatic heterocycles. The van der Waals surface area contributed by atoms with E-state index in [2.05, 4.69) is 86.7 Å². The van der Waals surface area contributed by atoms with Crippen LogP contribution in [-0.2, 0) is 21.1 Å². The van der Waals surface area contributed by atoms with Crippen molar-refractivity contribution >= 4 is 21.6 Å². The molecule has 1 aliphatic heterocycles. The molecule has 0 radical (unpaired) electrons. The Kier molecular flexibility index (Phi) is 12.7. The summed E-state index contributed by atoms with van der Waals surface area (Å²) in [5.74, 6) is 0.945. The summed E-state index contributed by atoms with van der Waals surface area (Å²) in [6, 6.07) is 10.2. The zero-order chi connectivity index (χ0) is 28.0. The number of benzene rings is 1. The predicted octanol–water partition coefficient (Wildman–Crippen LogP) is 8.44. The van der Waals surface area contributed by atoms with Gasteiger partial charge in [0.2, 0.25) is 0 Å². The zero-order valence-electron chi connectivity index (χ0n) is 25.3. The van der Waals surface area contributed by atoms with E-state index in [0.717, 1.165) is 25.9 Å². The van der Waals surface area contributed by atoms with E-state index < -0.39 is 0 Å². The Morgan fingerprint density at radius 2 is 1.82 bits per heavy atom. The van der Waals surface area contributed by atoms with E-state index in [9.17, 15) is 5.26 Å². The number of allylic oxidation sites excluding steroid dienone is 1. The van der Waals surface area contributed by atoms with Gasteiger partial charge < -0.3 is 15.6 Å². The van der Waals surface area contributed by atoms with Gasteiger partial charge in [0.1, 0.15) is 4.83 Å². The van der Waals surface area contributed by atoms with Crippen molar-refractivity contribution in [2.75, 3.05) is 13.1 Å². The van der Waals surface area contributed by atoms with E-state index in [1.807, 2.05) is 39.0 Å². The zero-order valence-corrected chi connectivity index (χ0v) is 29.1. The molecule has 0 saturated carbocycles. The quantitative estimate of drug-likeness (QED) is 0.177. The molecule has 212 valence electrons. The standard InChI is InChI=1S/C29H35N4S.2C2H6.W/c1-17(2)24-25-20(5)27(34-28(25)32-26(24)23-11-6-8-18(3)19(23)4)21-9-7-10-22(14-21)33-29(12-13-30)15-31-16-29;2*1-2;/h7-8,10-11,17,21-22,31-33H,9,12,14-16H2,1-5H3;2*1-2H3;/q-1;;;. The maximum Gasteiger partial charge on any atom is 0.100 e. The van der Waals surface area contributed by atoms with Crippen LogP contribution in [0.25, 0.3) is 21.5 Å². The number of aromatic amines is 1. The van der Waals surface area contributed by atoms with Gasteiger partial charge in [-0.25, -0.2) is 0 Å². The fourth-order valence-corrected chi connectivity index (χ4v) is 7.18. The third kappa shape index (κ3) is 6.79. The van der Waals surface area contributed by atoms with Gasteiger partial charge in [0, 0.05) is 50.5 Å². The number of hydrogen-bond acceptors (Lipinski definition) is 4.